The molecule has 3 rings (SSSR count). The van der Waals surface area contributed by atoms with Crippen LogP contribution in [0.15, 0.2) is 4.52 Å². The largest absolute Gasteiger partial charge is 0.338 e. The summed E-state index contributed by atoms with van der Waals surface area (Å²) in [6.07, 6.45) is 3.58. The molecule has 1 aliphatic heterocycles. The third-order valence-electron chi connectivity index (χ3n) is 3.86. The van der Waals surface area contributed by atoms with E-state index in [2.05, 4.69) is 29.3 Å². The van der Waals surface area contributed by atoms with E-state index in [4.69, 9.17) is 4.52 Å². The first-order valence-electron chi connectivity index (χ1n) is 6.31. The number of piperidine rings is 1. The standard InChI is InChI=1S/C12H19N3O/c1-7-3-4-13-10(5-7)12-14-11(15-16-12)9-6-8(9)2/h7-10,13H,3-6H2,1-2H3. The summed E-state index contributed by atoms with van der Waals surface area (Å²) in [5, 5.41) is 7.56. The van der Waals surface area contributed by atoms with Crippen LogP contribution in [0.3, 0.4) is 0 Å². The zero-order valence-electron chi connectivity index (χ0n) is 9.94. The van der Waals surface area contributed by atoms with Gasteiger partial charge in [-0.3, -0.25) is 0 Å². The Hall–Kier alpha value is -0.900. The van der Waals surface area contributed by atoms with E-state index in [9.17, 15) is 0 Å². The van der Waals surface area contributed by atoms with E-state index >= 15 is 0 Å². The van der Waals surface area contributed by atoms with Gasteiger partial charge in [-0.15, -0.1) is 0 Å². The van der Waals surface area contributed by atoms with Crippen LogP contribution < -0.4 is 5.32 Å². The third-order valence-corrected chi connectivity index (χ3v) is 3.86. The number of rotatable bonds is 2. The molecule has 1 N–H and O–H groups in total. The lowest BCUT2D eigenvalue weighted by Gasteiger charge is -2.25. The average molecular weight is 221 g/mol. The fourth-order valence-electron chi connectivity index (χ4n) is 2.52. The van der Waals surface area contributed by atoms with Crippen LogP contribution in [0.25, 0.3) is 0 Å². The average Bonchev–Trinajstić information content (AvgIpc) is 2.81. The molecule has 4 unspecified atom stereocenters. The maximum absolute atomic E-state index is 5.38. The zero-order valence-corrected chi connectivity index (χ0v) is 9.94. The monoisotopic (exact) mass is 221 g/mol. The van der Waals surface area contributed by atoms with Gasteiger partial charge in [0.05, 0.1) is 6.04 Å². The molecule has 1 aliphatic carbocycles. The maximum Gasteiger partial charge on any atom is 0.243 e. The number of nitrogens with one attached hydrogen (secondary N) is 1. The molecule has 16 heavy (non-hydrogen) atoms. The second-order valence-electron chi connectivity index (χ2n) is 5.45. The van der Waals surface area contributed by atoms with Crippen LogP contribution in [0.5, 0.6) is 0 Å². The van der Waals surface area contributed by atoms with E-state index < -0.39 is 0 Å². The van der Waals surface area contributed by atoms with Gasteiger partial charge in [-0.2, -0.15) is 4.98 Å². The molecule has 1 aromatic rings. The highest BCUT2D eigenvalue weighted by atomic mass is 16.5. The van der Waals surface area contributed by atoms with Gasteiger partial charge >= 0.3 is 0 Å². The van der Waals surface area contributed by atoms with E-state index in [1.807, 2.05) is 0 Å². The van der Waals surface area contributed by atoms with Crippen molar-refractivity contribution < 1.29 is 4.52 Å². The molecule has 4 heteroatoms. The molecule has 2 aliphatic rings. The molecule has 2 fully saturated rings. The minimum Gasteiger partial charge on any atom is -0.338 e. The molecule has 4 nitrogen and oxygen atoms in total. The summed E-state index contributed by atoms with van der Waals surface area (Å²) < 4.78 is 5.38. The fraction of sp³-hybridized carbons (Fsp3) is 0.833. The maximum atomic E-state index is 5.38. The Morgan fingerprint density at radius 2 is 2.12 bits per heavy atom. The molecular formula is C12H19N3O. The highest BCUT2D eigenvalue weighted by Gasteiger charge is 2.38. The van der Waals surface area contributed by atoms with Crippen molar-refractivity contribution in [1.29, 1.82) is 0 Å². The van der Waals surface area contributed by atoms with Gasteiger partial charge in [-0.1, -0.05) is 19.0 Å². The molecule has 0 aromatic carbocycles. The van der Waals surface area contributed by atoms with Gasteiger partial charge in [0, 0.05) is 5.92 Å². The molecule has 88 valence electrons. The van der Waals surface area contributed by atoms with Gasteiger partial charge in [0.1, 0.15) is 0 Å². The fourth-order valence-corrected chi connectivity index (χ4v) is 2.52. The Bertz CT molecular complexity index is 376. The molecule has 0 amide bonds. The summed E-state index contributed by atoms with van der Waals surface area (Å²) in [6, 6.07) is 0.277. The van der Waals surface area contributed by atoms with E-state index in [0.717, 1.165) is 36.5 Å². The van der Waals surface area contributed by atoms with Crippen molar-refractivity contribution in [1.82, 2.24) is 15.5 Å². The van der Waals surface area contributed by atoms with Crippen molar-refractivity contribution in [3.05, 3.63) is 11.7 Å². The SMILES string of the molecule is CC1CCNC(c2nc(C3CC3C)no2)C1. The lowest BCUT2D eigenvalue weighted by atomic mass is 9.94. The number of nitrogens with zero attached hydrogens (tertiary/aromatic N) is 2. The zero-order chi connectivity index (χ0) is 11.1. The molecule has 1 saturated heterocycles. The van der Waals surface area contributed by atoms with Crippen LogP contribution in [0.4, 0.5) is 0 Å². The predicted octanol–water partition coefficient (Wildman–Crippen LogP) is 2.25. The van der Waals surface area contributed by atoms with Crippen molar-refractivity contribution >= 4 is 0 Å². The lowest BCUT2D eigenvalue weighted by Crippen LogP contribution is -2.30. The highest BCUT2D eigenvalue weighted by molar-refractivity contribution is 5.08. The second kappa shape index (κ2) is 3.84. The van der Waals surface area contributed by atoms with Crippen LogP contribution in [-0.2, 0) is 0 Å². The Morgan fingerprint density at radius 3 is 2.81 bits per heavy atom. The first kappa shape index (κ1) is 10.3. The summed E-state index contributed by atoms with van der Waals surface area (Å²) in [6.45, 7) is 5.58. The van der Waals surface area contributed by atoms with Crippen molar-refractivity contribution in [3.8, 4) is 0 Å². The molecule has 1 aromatic heterocycles. The summed E-state index contributed by atoms with van der Waals surface area (Å²) in [4.78, 5) is 4.54. The molecular weight excluding hydrogens is 202 g/mol. The first-order chi connectivity index (χ1) is 7.74. The molecule has 4 atom stereocenters. The number of aromatic nitrogens is 2. The molecule has 0 radical (unpaired) electrons. The highest BCUT2D eigenvalue weighted by Crippen LogP contribution is 2.45. The third kappa shape index (κ3) is 1.86. The van der Waals surface area contributed by atoms with Gasteiger partial charge in [-0.05, 0) is 37.6 Å². The summed E-state index contributed by atoms with van der Waals surface area (Å²) in [5.74, 6) is 3.76. The van der Waals surface area contributed by atoms with Crippen LogP contribution in [0.1, 0.15) is 56.8 Å². The van der Waals surface area contributed by atoms with Gasteiger partial charge in [0.15, 0.2) is 5.82 Å². The number of hydrogen-bond acceptors (Lipinski definition) is 4. The first-order valence-corrected chi connectivity index (χ1v) is 6.31. The Morgan fingerprint density at radius 1 is 1.31 bits per heavy atom. The number of hydrogen-bond donors (Lipinski definition) is 1. The van der Waals surface area contributed by atoms with Gasteiger partial charge in [0.25, 0.3) is 0 Å². The molecule has 0 bridgehead atoms. The van der Waals surface area contributed by atoms with Gasteiger partial charge in [0.2, 0.25) is 5.89 Å². The van der Waals surface area contributed by atoms with E-state index in [0.29, 0.717) is 5.92 Å². The molecule has 1 saturated carbocycles. The normalized spacial score (nSPS) is 38.6. The van der Waals surface area contributed by atoms with Crippen LogP contribution in [0.2, 0.25) is 0 Å². The quantitative estimate of drug-likeness (QED) is 0.832. The van der Waals surface area contributed by atoms with Crippen LogP contribution >= 0.6 is 0 Å². The Labute approximate surface area is 95.8 Å². The summed E-state index contributed by atoms with van der Waals surface area (Å²) in [7, 11) is 0. The van der Waals surface area contributed by atoms with E-state index in [1.54, 1.807) is 0 Å². The Kier molecular flexibility index (Phi) is 2.46. The molecule has 0 spiro atoms. The van der Waals surface area contributed by atoms with Crippen LogP contribution in [-0.4, -0.2) is 16.7 Å². The van der Waals surface area contributed by atoms with Crippen LogP contribution in [0, 0.1) is 11.8 Å². The minimum atomic E-state index is 0.277. The topological polar surface area (TPSA) is 51.0 Å². The second-order valence-corrected chi connectivity index (χ2v) is 5.45. The molecule has 2 heterocycles. The predicted molar refractivity (Wildman–Crippen MR) is 60.0 cm³/mol. The smallest absolute Gasteiger partial charge is 0.243 e. The van der Waals surface area contributed by atoms with Crippen molar-refractivity contribution in [2.24, 2.45) is 11.8 Å². The van der Waals surface area contributed by atoms with Crippen molar-refractivity contribution in [2.75, 3.05) is 6.54 Å². The van der Waals surface area contributed by atoms with Crippen molar-refractivity contribution in [2.45, 2.75) is 45.1 Å². The van der Waals surface area contributed by atoms with Gasteiger partial charge in [-0.25, -0.2) is 0 Å². The van der Waals surface area contributed by atoms with Crippen molar-refractivity contribution in [3.63, 3.8) is 0 Å². The lowest BCUT2D eigenvalue weighted by molar-refractivity contribution is 0.259. The van der Waals surface area contributed by atoms with E-state index in [1.165, 1.54) is 12.8 Å². The Balaban J connectivity index is 1.71. The van der Waals surface area contributed by atoms with E-state index in [-0.39, 0.29) is 6.04 Å². The van der Waals surface area contributed by atoms with Gasteiger partial charge < -0.3 is 9.84 Å². The summed E-state index contributed by atoms with van der Waals surface area (Å²) in [5.41, 5.74) is 0. The minimum absolute atomic E-state index is 0.277. The summed E-state index contributed by atoms with van der Waals surface area (Å²) >= 11 is 0.